The predicted octanol–water partition coefficient (Wildman–Crippen LogP) is 2.07. The Balaban J connectivity index is 1.58. The molecule has 9 nitrogen and oxygen atoms in total. The van der Waals surface area contributed by atoms with Crippen LogP contribution in [0.3, 0.4) is 0 Å². The molecule has 1 N–H and O–H groups in total. The summed E-state index contributed by atoms with van der Waals surface area (Å²) in [6.07, 6.45) is 6.57. The molecular formula is C17H15ClF2N8O. The number of aromatic nitrogens is 6. The van der Waals surface area contributed by atoms with Crippen molar-refractivity contribution in [3.05, 3.63) is 53.8 Å². The number of amides is 1. The van der Waals surface area contributed by atoms with Gasteiger partial charge in [0.25, 0.3) is 11.8 Å². The molecule has 1 saturated heterocycles. The fourth-order valence-corrected chi connectivity index (χ4v) is 3.21. The molecule has 1 fully saturated rings. The van der Waals surface area contributed by atoms with Crippen LogP contribution in [0.5, 0.6) is 0 Å². The molecule has 0 aliphatic carbocycles. The predicted molar refractivity (Wildman–Crippen MR) is 99.1 cm³/mol. The topological polar surface area (TPSA) is 102 Å². The molecule has 0 unspecified atom stereocenters. The van der Waals surface area contributed by atoms with E-state index in [0.29, 0.717) is 10.7 Å². The Morgan fingerprint density at radius 1 is 1.21 bits per heavy atom. The van der Waals surface area contributed by atoms with Gasteiger partial charge in [0, 0.05) is 25.7 Å². The maximum absolute atomic E-state index is 14.5. The number of likely N-dealkylation sites (tertiary alicyclic amines) is 1. The Morgan fingerprint density at radius 3 is 2.66 bits per heavy atom. The molecule has 0 bridgehead atoms. The second-order valence-corrected chi connectivity index (χ2v) is 6.76. The second-order valence-electron chi connectivity index (χ2n) is 6.32. The van der Waals surface area contributed by atoms with Crippen molar-refractivity contribution in [1.29, 1.82) is 0 Å². The summed E-state index contributed by atoms with van der Waals surface area (Å²) >= 11 is 5.73. The Labute approximate surface area is 168 Å². The van der Waals surface area contributed by atoms with Gasteiger partial charge in [-0.05, 0) is 12.1 Å². The van der Waals surface area contributed by atoms with Crippen molar-refractivity contribution in [3.63, 3.8) is 0 Å². The smallest absolute Gasteiger partial charge is 0.275 e. The van der Waals surface area contributed by atoms with E-state index in [0.717, 1.165) is 4.90 Å². The normalized spacial score (nSPS) is 18.0. The Morgan fingerprint density at radius 2 is 1.93 bits per heavy atom. The molecule has 3 aromatic heterocycles. The molecule has 0 spiro atoms. The molecule has 1 atom stereocenters. The number of halogens is 3. The van der Waals surface area contributed by atoms with Gasteiger partial charge in [-0.15, -0.1) is 4.80 Å². The SMILES string of the molecule is O=C(c1ncccc1-n1nccn1)N1CCC(F)(F)[C@H]1CNc1ncc(Cl)cn1. The zero-order valence-electron chi connectivity index (χ0n) is 14.9. The van der Waals surface area contributed by atoms with Gasteiger partial charge in [-0.3, -0.25) is 4.79 Å². The highest BCUT2D eigenvalue weighted by Crippen LogP contribution is 2.35. The van der Waals surface area contributed by atoms with Crippen molar-refractivity contribution in [1.82, 2.24) is 34.8 Å². The first-order chi connectivity index (χ1) is 14.0. The van der Waals surface area contributed by atoms with E-state index in [4.69, 9.17) is 11.6 Å². The van der Waals surface area contributed by atoms with E-state index < -0.39 is 24.3 Å². The number of nitrogens with zero attached hydrogens (tertiary/aromatic N) is 7. The van der Waals surface area contributed by atoms with Crippen molar-refractivity contribution >= 4 is 23.5 Å². The van der Waals surface area contributed by atoms with Gasteiger partial charge in [-0.25, -0.2) is 23.7 Å². The summed E-state index contributed by atoms with van der Waals surface area (Å²) < 4.78 is 29.1. The van der Waals surface area contributed by atoms with Crippen LogP contribution in [0.15, 0.2) is 43.1 Å². The highest BCUT2D eigenvalue weighted by Gasteiger charge is 2.51. The van der Waals surface area contributed by atoms with Crippen molar-refractivity contribution in [2.75, 3.05) is 18.4 Å². The van der Waals surface area contributed by atoms with E-state index in [1.807, 2.05) is 0 Å². The summed E-state index contributed by atoms with van der Waals surface area (Å²) in [7, 11) is 0. The molecule has 1 aliphatic heterocycles. The van der Waals surface area contributed by atoms with Crippen molar-refractivity contribution in [2.45, 2.75) is 18.4 Å². The number of anilines is 1. The largest absolute Gasteiger partial charge is 0.352 e. The number of hydrogen-bond donors (Lipinski definition) is 1. The average molecular weight is 421 g/mol. The highest BCUT2D eigenvalue weighted by atomic mass is 35.5. The van der Waals surface area contributed by atoms with E-state index in [9.17, 15) is 13.6 Å². The van der Waals surface area contributed by atoms with Crippen LogP contribution >= 0.6 is 11.6 Å². The lowest BCUT2D eigenvalue weighted by atomic mass is 10.1. The lowest BCUT2D eigenvalue weighted by Gasteiger charge is -2.28. The third-order valence-electron chi connectivity index (χ3n) is 4.51. The van der Waals surface area contributed by atoms with Crippen molar-refractivity contribution in [3.8, 4) is 5.69 Å². The number of hydrogen-bond acceptors (Lipinski definition) is 7. The molecule has 4 rings (SSSR count). The van der Waals surface area contributed by atoms with Gasteiger partial charge in [0.1, 0.15) is 11.7 Å². The van der Waals surface area contributed by atoms with Gasteiger partial charge in [-0.1, -0.05) is 11.6 Å². The fourth-order valence-electron chi connectivity index (χ4n) is 3.11. The quantitative estimate of drug-likeness (QED) is 0.674. The van der Waals surface area contributed by atoms with Gasteiger partial charge in [0.15, 0.2) is 5.69 Å². The minimum atomic E-state index is -3.08. The molecule has 0 aromatic carbocycles. The van der Waals surface area contributed by atoms with E-state index in [1.54, 1.807) is 12.1 Å². The van der Waals surface area contributed by atoms with Gasteiger partial charge in [0.05, 0.1) is 29.8 Å². The third kappa shape index (κ3) is 3.86. The van der Waals surface area contributed by atoms with Crippen LogP contribution < -0.4 is 5.32 Å². The Hall–Kier alpha value is -3.21. The minimum Gasteiger partial charge on any atom is -0.352 e. The summed E-state index contributed by atoms with van der Waals surface area (Å²) in [5, 5.41) is 11.1. The molecule has 0 radical (unpaired) electrons. The van der Waals surface area contributed by atoms with Crippen LogP contribution in [-0.2, 0) is 0 Å². The van der Waals surface area contributed by atoms with Crippen LogP contribution in [0.4, 0.5) is 14.7 Å². The van der Waals surface area contributed by atoms with Gasteiger partial charge >= 0.3 is 0 Å². The van der Waals surface area contributed by atoms with Gasteiger partial charge in [-0.2, -0.15) is 10.2 Å². The lowest BCUT2D eigenvalue weighted by Crippen LogP contribution is -2.47. The summed E-state index contributed by atoms with van der Waals surface area (Å²) in [4.78, 5) is 27.4. The summed E-state index contributed by atoms with van der Waals surface area (Å²) in [5.74, 6) is -3.56. The van der Waals surface area contributed by atoms with E-state index in [-0.39, 0.29) is 24.7 Å². The van der Waals surface area contributed by atoms with Crippen LogP contribution in [-0.4, -0.2) is 65.8 Å². The van der Waals surface area contributed by atoms with E-state index in [2.05, 4.69) is 30.5 Å². The number of rotatable bonds is 5. The molecule has 150 valence electrons. The van der Waals surface area contributed by atoms with Crippen molar-refractivity contribution in [2.24, 2.45) is 0 Å². The van der Waals surface area contributed by atoms with Crippen molar-refractivity contribution < 1.29 is 13.6 Å². The fraction of sp³-hybridized carbons (Fsp3) is 0.294. The second kappa shape index (κ2) is 7.66. The Bertz CT molecular complexity index is 999. The van der Waals surface area contributed by atoms with E-state index >= 15 is 0 Å². The summed E-state index contributed by atoms with van der Waals surface area (Å²) in [5.41, 5.74) is 0.305. The van der Waals surface area contributed by atoms with Crippen LogP contribution in [0.2, 0.25) is 5.02 Å². The third-order valence-corrected chi connectivity index (χ3v) is 4.70. The number of carbonyl (C=O) groups excluding carboxylic acids is 1. The number of carbonyl (C=O) groups is 1. The number of pyridine rings is 1. The summed E-state index contributed by atoms with van der Waals surface area (Å²) in [6, 6.07) is 1.82. The monoisotopic (exact) mass is 420 g/mol. The summed E-state index contributed by atoms with van der Waals surface area (Å²) in [6.45, 7) is -0.342. The number of alkyl halides is 2. The molecular weight excluding hydrogens is 406 g/mol. The molecule has 1 aliphatic rings. The van der Waals surface area contributed by atoms with E-state index in [1.165, 1.54) is 35.8 Å². The zero-order chi connectivity index (χ0) is 20.4. The first-order valence-corrected chi connectivity index (χ1v) is 9.05. The standard InChI is InChI=1S/C17H15ClF2N8O/c18-11-8-22-16(23-9-11)24-10-13-17(19,20)3-7-27(13)15(29)14-12(2-1-4-21-14)28-25-5-6-26-28/h1-2,4-6,8-9,13H,3,7,10H2,(H,22,23,24)/t13-/m1/s1. The van der Waals surface area contributed by atoms with Crippen LogP contribution in [0, 0.1) is 0 Å². The maximum atomic E-state index is 14.5. The first-order valence-electron chi connectivity index (χ1n) is 8.67. The number of nitrogens with one attached hydrogen (secondary N) is 1. The molecule has 29 heavy (non-hydrogen) atoms. The molecule has 4 heterocycles. The van der Waals surface area contributed by atoms with Crippen LogP contribution in [0.1, 0.15) is 16.9 Å². The molecule has 12 heteroatoms. The minimum absolute atomic E-state index is 0.00542. The molecule has 3 aromatic rings. The zero-order valence-corrected chi connectivity index (χ0v) is 15.7. The lowest BCUT2D eigenvalue weighted by molar-refractivity contribution is -0.0249. The Kier molecular flexibility index (Phi) is 5.05. The average Bonchev–Trinajstić information content (AvgIpc) is 3.35. The highest BCUT2D eigenvalue weighted by molar-refractivity contribution is 6.30. The maximum Gasteiger partial charge on any atom is 0.275 e. The van der Waals surface area contributed by atoms with Gasteiger partial charge < -0.3 is 10.2 Å². The van der Waals surface area contributed by atoms with Gasteiger partial charge in [0.2, 0.25) is 5.95 Å². The molecule has 0 saturated carbocycles. The van der Waals surface area contributed by atoms with Crippen LogP contribution in [0.25, 0.3) is 5.69 Å². The molecule has 1 amide bonds. The first kappa shape index (κ1) is 19.1.